The van der Waals surface area contributed by atoms with Gasteiger partial charge in [0.05, 0.1) is 25.2 Å². The number of ether oxygens (including phenoxy) is 2. The summed E-state index contributed by atoms with van der Waals surface area (Å²) >= 11 is 0. The summed E-state index contributed by atoms with van der Waals surface area (Å²) in [6.45, 7) is 5.40. The summed E-state index contributed by atoms with van der Waals surface area (Å²) in [5, 5.41) is 0. The molecule has 110 valence electrons. The molecule has 1 aromatic carbocycles. The van der Waals surface area contributed by atoms with E-state index in [0.717, 1.165) is 0 Å². The fourth-order valence-electron chi connectivity index (χ4n) is 2.35. The number of nitrogens with zero attached hydrogens (tertiary/aromatic N) is 1. The van der Waals surface area contributed by atoms with Gasteiger partial charge in [-0.15, -0.1) is 0 Å². The number of morpholine rings is 1. The van der Waals surface area contributed by atoms with Crippen molar-refractivity contribution in [1.82, 2.24) is 4.90 Å². The predicted molar refractivity (Wildman–Crippen MR) is 73.1 cm³/mol. The molecular formula is C15H20FNO3. The molecule has 5 heteroatoms. The minimum atomic E-state index is -0.343. The van der Waals surface area contributed by atoms with Crippen molar-refractivity contribution in [2.75, 3.05) is 19.7 Å². The molecule has 0 bridgehead atoms. The Balaban J connectivity index is 1.77. The van der Waals surface area contributed by atoms with E-state index in [1.54, 1.807) is 17.0 Å². The molecule has 4 nitrogen and oxygen atoms in total. The van der Waals surface area contributed by atoms with Crippen LogP contribution in [-0.2, 0) is 9.53 Å². The fraction of sp³-hybridized carbons (Fsp3) is 0.533. The van der Waals surface area contributed by atoms with Crippen LogP contribution < -0.4 is 4.74 Å². The van der Waals surface area contributed by atoms with Crippen LogP contribution in [0.2, 0.25) is 0 Å². The Hall–Kier alpha value is -1.62. The number of rotatable bonds is 4. The standard InChI is InChI=1S/C15H20FNO3/c1-11-9-17(10-12(2)20-11)15(18)6-7-19-14-5-3-4-13(16)8-14/h3-5,8,11-12H,6-7,9-10H2,1-2H3/t11-,12-/m0/s1. The molecule has 0 spiro atoms. The second-order valence-corrected chi connectivity index (χ2v) is 5.11. The van der Waals surface area contributed by atoms with Gasteiger partial charge in [0, 0.05) is 19.2 Å². The number of benzene rings is 1. The van der Waals surface area contributed by atoms with Crippen LogP contribution in [0.4, 0.5) is 4.39 Å². The van der Waals surface area contributed by atoms with Crippen molar-refractivity contribution in [3.63, 3.8) is 0 Å². The molecule has 0 saturated carbocycles. The van der Waals surface area contributed by atoms with Crippen LogP contribution in [-0.4, -0.2) is 42.7 Å². The Morgan fingerprint density at radius 1 is 1.40 bits per heavy atom. The normalized spacial score (nSPS) is 22.6. The number of hydrogen-bond acceptors (Lipinski definition) is 3. The predicted octanol–water partition coefficient (Wildman–Crippen LogP) is 2.23. The molecule has 1 aromatic rings. The summed E-state index contributed by atoms with van der Waals surface area (Å²) in [7, 11) is 0. The summed E-state index contributed by atoms with van der Waals surface area (Å²) in [5.41, 5.74) is 0. The zero-order valence-corrected chi connectivity index (χ0v) is 11.8. The van der Waals surface area contributed by atoms with Gasteiger partial charge in [-0.3, -0.25) is 4.79 Å². The van der Waals surface area contributed by atoms with E-state index in [1.807, 2.05) is 13.8 Å². The molecule has 0 aromatic heterocycles. The Labute approximate surface area is 118 Å². The van der Waals surface area contributed by atoms with E-state index in [1.165, 1.54) is 12.1 Å². The Bertz CT molecular complexity index is 456. The first-order valence-corrected chi connectivity index (χ1v) is 6.86. The van der Waals surface area contributed by atoms with Crippen LogP contribution in [0.25, 0.3) is 0 Å². The third-order valence-electron chi connectivity index (χ3n) is 3.15. The topological polar surface area (TPSA) is 38.8 Å². The maximum absolute atomic E-state index is 13.0. The lowest BCUT2D eigenvalue weighted by atomic mass is 10.2. The fourth-order valence-corrected chi connectivity index (χ4v) is 2.35. The molecule has 1 aliphatic rings. The highest BCUT2D eigenvalue weighted by atomic mass is 19.1. The smallest absolute Gasteiger partial charge is 0.226 e. The Morgan fingerprint density at radius 2 is 2.10 bits per heavy atom. The number of amides is 1. The second kappa shape index (κ2) is 6.70. The first-order valence-electron chi connectivity index (χ1n) is 6.86. The van der Waals surface area contributed by atoms with Crippen molar-refractivity contribution in [1.29, 1.82) is 0 Å². The molecule has 1 aliphatic heterocycles. The first-order chi connectivity index (χ1) is 9.54. The van der Waals surface area contributed by atoms with Gasteiger partial charge in [-0.05, 0) is 26.0 Å². The molecule has 0 aliphatic carbocycles. The van der Waals surface area contributed by atoms with Gasteiger partial charge >= 0.3 is 0 Å². The molecule has 1 saturated heterocycles. The van der Waals surface area contributed by atoms with Crippen molar-refractivity contribution in [2.24, 2.45) is 0 Å². The summed E-state index contributed by atoms with van der Waals surface area (Å²) in [5.74, 6) is 0.148. The first kappa shape index (κ1) is 14.8. The second-order valence-electron chi connectivity index (χ2n) is 5.11. The Morgan fingerprint density at radius 3 is 2.75 bits per heavy atom. The minimum Gasteiger partial charge on any atom is -0.493 e. The maximum atomic E-state index is 13.0. The number of carbonyl (C=O) groups is 1. The van der Waals surface area contributed by atoms with Crippen molar-refractivity contribution in [3.05, 3.63) is 30.1 Å². The molecule has 2 atom stereocenters. The van der Waals surface area contributed by atoms with Crippen LogP contribution in [0.15, 0.2) is 24.3 Å². The van der Waals surface area contributed by atoms with Crippen LogP contribution in [0.1, 0.15) is 20.3 Å². The highest BCUT2D eigenvalue weighted by Crippen LogP contribution is 2.14. The van der Waals surface area contributed by atoms with E-state index in [2.05, 4.69) is 0 Å². The van der Waals surface area contributed by atoms with E-state index in [9.17, 15) is 9.18 Å². The minimum absolute atomic E-state index is 0.0448. The van der Waals surface area contributed by atoms with E-state index in [-0.39, 0.29) is 37.0 Å². The highest BCUT2D eigenvalue weighted by Gasteiger charge is 2.25. The molecule has 1 amide bonds. The average Bonchev–Trinajstić information content (AvgIpc) is 2.37. The number of hydrogen-bond donors (Lipinski definition) is 0. The van der Waals surface area contributed by atoms with Crippen LogP contribution in [0.3, 0.4) is 0 Å². The summed E-state index contributed by atoms with van der Waals surface area (Å²) < 4.78 is 23.9. The van der Waals surface area contributed by atoms with Gasteiger partial charge in [-0.2, -0.15) is 0 Å². The van der Waals surface area contributed by atoms with Crippen molar-refractivity contribution in [2.45, 2.75) is 32.5 Å². The lowest BCUT2D eigenvalue weighted by Crippen LogP contribution is -2.48. The molecule has 0 N–H and O–H groups in total. The van der Waals surface area contributed by atoms with E-state index in [0.29, 0.717) is 18.8 Å². The quantitative estimate of drug-likeness (QED) is 0.849. The molecule has 1 heterocycles. The zero-order chi connectivity index (χ0) is 14.5. The lowest BCUT2D eigenvalue weighted by Gasteiger charge is -2.35. The van der Waals surface area contributed by atoms with Crippen molar-refractivity contribution < 1.29 is 18.7 Å². The molecule has 20 heavy (non-hydrogen) atoms. The number of halogens is 1. The van der Waals surface area contributed by atoms with Gasteiger partial charge in [0.1, 0.15) is 11.6 Å². The third kappa shape index (κ3) is 4.20. The van der Waals surface area contributed by atoms with Gasteiger partial charge in [0.2, 0.25) is 5.91 Å². The van der Waals surface area contributed by atoms with Gasteiger partial charge in [0.25, 0.3) is 0 Å². The van der Waals surface area contributed by atoms with Gasteiger partial charge in [-0.1, -0.05) is 6.07 Å². The highest BCUT2D eigenvalue weighted by molar-refractivity contribution is 5.76. The lowest BCUT2D eigenvalue weighted by molar-refractivity contribution is -0.143. The summed E-state index contributed by atoms with van der Waals surface area (Å²) in [6.07, 6.45) is 0.411. The zero-order valence-electron chi connectivity index (χ0n) is 11.8. The van der Waals surface area contributed by atoms with Crippen LogP contribution in [0, 0.1) is 5.82 Å². The SMILES string of the molecule is C[C@H]1CN(C(=O)CCOc2cccc(F)c2)C[C@H](C)O1. The van der Waals surface area contributed by atoms with E-state index < -0.39 is 0 Å². The van der Waals surface area contributed by atoms with E-state index >= 15 is 0 Å². The average molecular weight is 281 g/mol. The van der Waals surface area contributed by atoms with Crippen LogP contribution >= 0.6 is 0 Å². The monoisotopic (exact) mass is 281 g/mol. The largest absolute Gasteiger partial charge is 0.493 e. The van der Waals surface area contributed by atoms with Gasteiger partial charge in [0.15, 0.2) is 0 Å². The van der Waals surface area contributed by atoms with Crippen molar-refractivity contribution >= 4 is 5.91 Å². The number of carbonyl (C=O) groups excluding carboxylic acids is 1. The van der Waals surface area contributed by atoms with Gasteiger partial charge in [-0.25, -0.2) is 4.39 Å². The summed E-state index contributed by atoms with van der Waals surface area (Å²) in [4.78, 5) is 13.9. The molecular weight excluding hydrogens is 261 g/mol. The molecule has 0 unspecified atom stereocenters. The van der Waals surface area contributed by atoms with Gasteiger partial charge < -0.3 is 14.4 Å². The molecule has 0 radical (unpaired) electrons. The Kier molecular flexibility index (Phi) is 4.95. The van der Waals surface area contributed by atoms with Crippen LogP contribution in [0.5, 0.6) is 5.75 Å². The maximum Gasteiger partial charge on any atom is 0.226 e. The molecule has 2 rings (SSSR count). The molecule has 1 fully saturated rings. The van der Waals surface area contributed by atoms with Crippen molar-refractivity contribution in [3.8, 4) is 5.75 Å². The van der Waals surface area contributed by atoms with E-state index in [4.69, 9.17) is 9.47 Å². The summed E-state index contributed by atoms with van der Waals surface area (Å²) in [6, 6.07) is 5.92. The third-order valence-corrected chi connectivity index (χ3v) is 3.15.